The molecule has 2 amide bonds. The standard InChI is InChI=1S/C23H23Cl2N3O2/c24-17-8-9-19(20(25)14-17)23(30)28-12-10-27(11-13-28)22(29)7-3-4-16-15-26-21-6-2-1-5-18(16)21/h1-2,5-6,8-9,14-15,26H,3-4,7,10-13H2. The van der Waals surface area contributed by atoms with E-state index in [-0.39, 0.29) is 11.8 Å². The van der Waals surface area contributed by atoms with Crippen LogP contribution in [0, 0.1) is 0 Å². The summed E-state index contributed by atoms with van der Waals surface area (Å²) in [5.74, 6) is 0.0227. The third-order valence-electron chi connectivity index (χ3n) is 5.59. The minimum atomic E-state index is -0.122. The number of benzene rings is 2. The largest absolute Gasteiger partial charge is 0.361 e. The Morgan fingerprint density at radius 3 is 2.47 bits per heavy atom. The van der Waals surface area contributed by atoms with Crippen molar-refractivity contribution >= 4 is 45.9 Å². The topological polar surface area (TPSA) is 56.4 Å². The maximum Gasteiger partial charge on any atom is 0.255 e. The molecule has 3 aromatic rings. The molecular weight excluding hydrogens is 421 g/mol. The first-order chi connectivity index (χ1) is 14.5. The summed E-state index contributed by atoms with van der Waals surface area (Å²) < 4.78 is 0. The second-order valence-electron chi connectivity index (χ2n) is 7.51. The van der Waals surface area contributed by atoms with Gasteiger partial charge in [-0.15, -0.1) is 0 Å². The number of piperazine rings is 1. The number of para-hydroxylation sites is 1. The highest BCUT2D eigenvalue weighted by Crippen LogP contribution is 2.23. The van der Waals surface area contributed by atoms with Gasteiger partial charge in [0.1, 0.15) is 0 Å². The minimum absolute atomic E-state index is 0.122. The van der Waals surface area contributed by atoms with Gasteiger partial charge < -0.3 is 14.8 Å². The summed E-state index contributed by atoms with van der Waals surface area (Å²) in [7, 11) is 0. The molecular formula is C23H23Cl2N3O2. The number of carbonyl (C=O) groups is 2. The van der Waals surface area contributed by atoms with Gasteiger partial charge in [0, 0.05) is 54.7 Å². The predicted molar refractivity (Wildman–Crippen MR) is 120 cm³/mol. The molecule has 156 valence electrons. The lowest BCUT2D eigenvalue weighted by molar-refractivity contribution is -0.132. The number of halogens is 2. The van der Waals surface area contributed by atoms with Gasteiger partial charge in [-0.25, -0.2) is 0 Å². The average molecular weight is 444 g/mol. The van der Waals surface area contributed by atoms with Crippen molar-refractivity contribution in [2.24, 2.45) is 0 Å². The monoisotopic (exact) mass is 443 g/mol. The molecule has 1 saturated heterocycles. The molecule has 0 aliphatic carbocycles. The predicted octanol–water partition coefficient (Wildman–Crippen LogP) is 4.78. The van der Waals surface area contributed by atoms with E-state index in [4.69, 9.17) is 23.2 Å². The zero-order valence-corrected chi connectivity index (χ0v) is 18.0. The van der Waals surface area contributed by atoms with Crippen LogP contribution in [-0.2, 0) is 11.2 Å². The van der Waals surface area contributed by atoms with Crippen molar-refractivity contribution < 1.29 is 9.59 Å². The third-order valence-corrected chi connectivity index (χ3v) is 6.14. The Hall–Kier alpha value is -2.50. The van der Waals surface area contributed by atoms with Crippen LogP contribution in [-0.4, -0.2) is 52.8 Å². The van der Waals surface area contributed by atoms with E-state index in [9.17, 15) is 9.59 Å². The molecule has 1 aliphatic heterocycles. The highest BCUT2D eigenvalue weighted by Gasteiger charge is 2.25. The molecule has 2 heterocycles. The number of nitrogens with zero attached hydrogens (tertiary/aromatic N) is 2. The van der Waals surface area contributed by atoms with Crippen LogP contribution in [0.25, 0.3) is 10.9 Å². The van der Waals surface area contributed by atoms with E-state index >= 15 is 0 Å². The summed E-state index contributed by atoms with van der Waals surface area (Å²) in [6.07, 6.45) is 4.21. The van der Waals surface area contributed by atoms with Gasteiger partial charge in [0.2, 0.25) is 5.91 Å². The first kappa shape index (κ1) is 20.8. The number of aryl methyl sites for hydroxylation is 1. The molecule has 0 radical (unpaired) electrons. The molecule has 0 saturated carbocycles. The van der Waals surface area contributed by atoms with Crippen LogP contribution < -0.4 is 0 Å². The van der Waals surface area contributed by atoms with Gasteiger partial charge >= 0.3 is 0 Å². The Balaban J connectivity index is 1.26. The number of hydrogen-bond donors (Lipinski definition) is 1. The number of carbonyl (C=O) groups excluding carboxylic acids is 2. The van der Waals surface area contributed by atoms with E-state index in [1.54, 1.807) is 23.1 Å². The molecule has 0 atom stereocenters. The maximum absolute atomic E-state index is 12.7. The van der Waals surface area contributed by atoms with Gasteiger partial charge in [-0.2, -0.15) is 0 Å². The lowest BCUT2D eigenvalue weighted by atomic mass is 10.1. The lowest BCUT2D eigenvalue weighted by Crippen LogP contribution is -2.50. The Morgan fingerprint density at radius 2 is 1.70 bits per heavy atom. The molecule has 30 heavy (non-hydrogen) atoms. The number of aromatic amines is 1. The van der Waals surface area contributed by atoms with E-state index in [1.807, 2.05) is 23.2 Å². The number of nitrogens with one attached hydrogen (secondary N) is 1. The molecule has 2 aromatic carbocycles. The number of rotatable bonds is 5. The van der Waals surface area contributed by atoms with E-state index in [1.165, 1.54) is 10.9 Å². The Morgan fingerprint density at radius 1 is 0.967 bits per heavy atom. The average Bonchev–Trinajstić information content (AvgIpc) is 3.16. The quantitative estimate of drug-likeness (QED) is 0.616. The fraction of sp³-hybridized carbons (Fsp3) is 0.304. The van der Waals surface area contributed by atoms with Gasteiger partial charge in [-0.3, -0.25) is 9.59 Å². The van der Waals surface area contributed by atoms with Gasteiger partial charge in [0.15, 0.2) is 0 Å². The van der Waals surface area contributed by atoms with Crippen LogP contribution in [0.5, 0.6) is 0 Å². The smallest absolute Gasteiger partial charge is 0.255 e. The summed E-state index contributed by atoms with van der Waals surface area (Å²) in [6, 6.07) is 13.1. The van der Waals surface area contributed by atoms with Crippen LogP contribution in [0.4, 0.5) is 0 Å². The van der Waals surface area contributed by atoms with Crippen molar-refractivity contribution in [1.82, 2.24) is 14.8 Å². The summed E-state index contributed by atoms with van der Waals surface area (Å²) in [4.78, 5) is 32.2. The fourth-order valence-corrected chi connectivity index (χ4v) is 4.41. The summed E-state index contributed by atoms with van der Waals surface area (Å²) in [5.41, 5.74) is 2.81. The first-order valence-electron chi connectivity index (χ1n) is 10.1. The number of H-pyrrole nitrogens is 1. The fourth-order valence-electron chi connectivity index (χ4n) is 3.92. The van der Waals surface area contributed by atoms with Gasteiger partial charge in [0.25, 0.3) is 5.91 Å². The van der Waals surface area contributed by atoms with E-state index in [0.29, 0.717) is 48.2 Å². The number of hydrogen-bond acceptors (Lipinski definition) is 2. The second kappa shape index (κ2) is 9.11. The highest BCUT2D eigenvalue weighted by atomic mass is 35.5. The second-order valence-corrected chi connectivity index (χ2v) is 8.35. The first-order valence-corrected chi connectivity index (χ1v) is 10.9. The van der Waals surface area contributed by atoms with Crippen LogP contribution in [0.15, 0.2) is 48.7 Å². The van der Waals surface area contributed by atoms with E-state index in [0.717, 1.165) is 18.4 Å². The molecule has 1 N–H and O–H groups in total. The summed E-state index contributed by atoms with van der Waals surface area (Å²) >= 11 is 12.1. The molecule has 1 aromatic heterocycles. The number of amides is 2. The van der Waals surface area contributed by atoms with Gasteiger partial charge in [-0.1, -0.05) is 41.4 Å². The van der Waals surface area contributed by atoms with Crippen molar-refractivity contribution in [3.63, 3.8) is 0 Å². The van der Waals surface area contributed by atoms with Crippen molar-refractivity contribution in [2.45, 2.75) is 19.3 Å². The highest BCUT2D eigenvalue weighted by molar-refractivity contribution is 6.36. The van der Waals surface area contributed by atoms with Crippen LogP contribution >= 0.6 is 23.2 Å². The number of aromatic nitrogens is 1. The maximum atomic E-state index is 12.7. The molecule has 0 bridgehead atoms. The summed E-state index contributed by atoms with van der Waals surface area (Å²) in [6.45, 7) is 2.10. The lowest BCUT2D eigenvalue weighted by Gasteiger charge is -2.35. The van der Waals surface area contributed by atoms with Crippen molar-refractivity contribution in [3.8, 4) is 0 Å². The molecule has 0 spiro atoms. The Kier molecular flexibility index (Phi) is 6.30. The molecule has 7 heteroatoms. The summed E-state index contributed by atoms with van der Waals surface area (Å²) in [5, 5.41) is 2.07. The Bertz CT molecular complexity index is 1070. The van der Waals surface area contributed by atoms with Crippen LogP contribution in [0.3, 0.4) is 0 Å². The van der Waals surface area contributed by atoms with Crippen molar-refractivity contribution in [2.75, 3.05) is 26.2 Å². The SMILES string of the molecule is O=C(CCCc1c[nH]c2ccccc12)N1CCN(C(=O)c2ccc(Cl)cc2Cl)CC1. The zero-order valence-electron chi connectivity index (χ0n) is 16.5. The normalized spacial score (nSPS) is 14.3. The van der Waals surface area contributed by atoms with Crippen LogP contribution in [0.2, 0.25) is 10.0 Å². The van der Waals surface area contributed by atoms with Gasteiger partial charge in [0.05, 0.1) is 10.6 Å². The zero-order chi connectivity index (χ0) is 21.1. The van der Waals surface area contributed by atoms with Crippen LogP contribution in [0.1, 0.15) is 28.8 Å². The molecule has 4 rings (SSSR count). The van der Waals surface area contributed by atoms with Crippen molar-refractivity contribution in [3.05, 3.63) is 69.8 Å². The van der Waals surface area contributed by atoms with Crippen molar-refractivity contribution in [1.29, 1.82) is 0 Å². The minimum Gasteiger partial charge on any atom is -0.361 e. The number of fused-ring (bicyclic) bond motifs is 1. The molecule has 5 nitrogen and oxygen atoms in total. The molecule has 1 aliphatic rings. The molecule has 1 fully saturated rings. The van der Waals surface area contributed by atoms with E-state index < -0.39 is 0 Å². The van der Waals surface area contributed by atoms with E-state index in [2.05, 4.69) is 17.1 Å². The molecule has 0 unspecified atom stereocenters. The third kappa shape index (κ3) is 4.47. The Labute approximate surface area is 185 Å². The van der Waals surface area contributed by atoms with Gasteiger partial charge in [-0.05, 0) is 42.7 Å².